The summed E-state index contributed by atoms with van der Waals surface area (Å²) in [4.78, 5) is 13.4. The lowest BCUT2D eigenvalue weighted by molar-refractivity contribution is 0.0697. The second kappa shape index (κ2) is 4.79. The van der Waals surface area contributed by atoms with Crippen molar-refractivity contribution < 1.29 is 9.90 Å². The molecule has 0 amide bonds. The molecule has 0 bridgehead atoms. The smallest absolute Gasteiger partial charge is 0.339 e. The van der Waals surface area contributed by atoms with Gasteiger partial charge in [-0.15, -0.1) is 5.10 Å². The summed E-state index contributed by atoms with van der Waals surface area (Å²) in [5.74, 6) is -0.382. The number of anilines is 1. The molecule has 5 heteroatoms. The number of rotatable bonds is 2. The molecule has 19 heavy (non-hydrogen) atoms. The van der Waals surface area contributed by atoms with Crippen LogP contribution in [-0.4, -0.2) is 34.4 Å². The molecule has 5 nitrogen and oxygen atoms in total. The molecule has 2 heterocycles. The molecule has 0 unspecified atom stereocenters. The zero-order valence-corrected chi connectivity index (χ0v) is 11.0. The Morgan fingerprint density at radius 1 is 1.26 bits per heavy atom. The first-order valence-electron chi connectivity index (χ1n) is 7.00. The molecular formula is C14H19N3O2. The van der Waals surface area contributed by atoms with Crippen LogP contribution >= 0.6 is 0 Å². The van der Waals surface area contributed by atoms with Gasteiger partial charge in [0.25, 0.3) is 0 Å². The normalized spacial score (nSPS) is 21.8. The summed E-state index contributed by atoms with van der Waals surface area (Å²) >= 11 is 0. The maximum absolute atomic E-state index is 11.3. The van der Waals surface area contributed by atoms with Crippen molar-refractivity contribution in [2.24, 2.45) is 5.41 Å². The number of carboxylic acid groups (broad SMARTS) is 1. The Hall–Kier alpha value is -1.65. The maximum Gasteiger partial charge on any atom is 0.339 e. The quantitative estimate of drug-likeness (QED) is 0.885. The highest BCUT2D eigenvalue weighted by atomic mass is 16.4. The Kier molecular flexibility index (Phi) is 3.12. The predicted octanol–water partition coefficient (Wildman–Crippen LogP) is 2.34. The summed E-state index contributed by atoms with van der Waals surface area (Å²) < 4.78 is 0. The fourth-order valence-electron chi connectivity index (χ4n) is 3.55. The molecule has 1 saturated carbocycles. The average molecular weight is 261 g/mol. The molecule has 1 N–H and O–H groups in total. The van der Waals surface area contributed by atoms with Crippen LogP contribution < -0.4 is 4.90 Å². The fourth-order valence-corrected chi connectivity index (χ4v) is 3.55. The first kappa shape index (κ1) is 12.4. The molecule has 1 aromatic heterocycles. The van der Waals surface area contributed by atoms with Crippen LogP contribution in [0.4, 0.5) is 5.82 Å². The van der Waals surface area contributed by atoms with Crippen LogP contribution in [0.2, 0.25) is 0 Å². The van der Waals surface area contributed by atoms with E-state index in [1.165, 1.54) is 44.4 Å². The van der Waals surface area contributed by atoms with Gasteiger partial charge >= 0.3 is 5.97 Å². The van der Waals surface area contributed by atoms with Crippen molar-refractivity contribution in [3.63, 3.8) is 0 Å². The number of aromatic carboxylic acids is 1. The van der Waals surface area contributed by atoms with Crippen molar-refractivity contribution in [3.8, 4) is 0 Å². The van der Waals surface area contributed by atoms with Gasteiger partial charge in [0.1, 0.15) is 5.56 Å². The molecular weight excluding hydrogens is 242 g/mol. The molecule has 1 aromatic rings. The first-order valence-corrected chi connectivity index (χ1v) is 7.00. The zero-order valence-electron chi connectivity index (χ0n) is 11.0. The van der Waals surface area contributed by atoms with Gasteiger partial charge < -0.3 is 10.0 Å². The van der Waals surface area contributed by atoms with E-state index in [0.29, 0.717) is 11.2 Å². The van der Waals surface area contributed by atoms with Crippen LogP contribution in [0.15, 0.2) is 12.3 Å². The monoisotopic (exact) mass is 261 g/mol. The third-order valence-electron chi connectivity index (χ3n) is 4.58. The highest BCUT2D eigenvalue weighted by Crippen LogP contribution is 2.44. The van der Waals surface area contributed by atoms with Gasteiger partial charge in [-0.1, -0.05) is 19.3 Å². The Morgan fingerprint density at radius 3 is 2.79 bits per heavy atom. The van der Waals surface area contributed by atoms with Gasteiger partial charge in [0.2, 0.25) is 0 Å². The van der Waals surface area contributed by atoms with Gasteiger partial charge in [-0.2, -0.15) is 5.10 Å². The Labute approximate surface area is 112 Å². The van der Waals surface area contributed by atoms with Crippen LogP contribution in [0.3, 0.4) is 0 Å². The van der Waals surface area contributed by atoms with Gasteiger partial charge in [0.05, 0.1) is 6.20 Å². The zero-order chi connectivity index (χ0) is 13.3. The minimum Gasteiger partial charge on any atom is -0.478 e. The molecule has 1 aliphatic heterocycles. The van der Waals surface area contributed by atoms with E-state index >= 15 is 0 Å². The van der Waals surface area contributed by atoms with Crippen molar-refractivity contribution in [1.29, 1.82) is 0 Å². The van der Waals surface area contributed by atoms with E-state index in [4.69, 9.17) is 0 Å². The van der Waals surface area contributed by atoms with Crippen LogP contribution in [0.25, 0.3) is 0 Å². The molecule has 2 aliphatic rings. The Morgan fingerprint density at radius 2 is 2.05 bits per heavy atom. The summed E-state index contributed by atoms with van der Waals surface area (Å²) in [5, 5.41) is 17.1. The molecule has 1 saturated heterocycles. The summed E-state index contributed by atoms with van der Waals surface area (Å²) in [6, 6.07) is 1.54. The van der Waals surface area contributed by atoms with Crippen molar-refractivity contribution in [2.75, 3.05) is 18.0 Å². The van der Waals surface area contributed by atoms with E-state index < -0.39 is 5.97 Å². The first-order chi connectivity index (χ1) is 9.20. The minimum atomic E-state index is -0.922. The third-order valence-corrected chi connectivity index (χ3v) is 4.58. The van der Waals surface area contributed by atoms with Crippen molar-refractivity contribution in [1.82, 2.24) is 10.2 Å². The Balaban J connectivity index is 1.83. The maximum atomic E-state index is 11.3. The lowest BCUT2D eigenvalue weighted by Crippen LogP contribution is -2.30. The SMILES string of the molecule is O=C(O)c1ccnnc1N1CCC2(CCCCC2)C1. The molecule has 0 radical (unpaired) electrons. The second-order valence-electron chi connectivity index (χ2n) is 5.81. The van der Waals surface area contributed by atoms with E-state index in [0.717, 1.165) is 19.5 Å². The topological polar surface area (TPSA) is 66.3 Å². The third kappa shape index (κ3) is 2.29. The summed E-state index contributed by atoms with van der Waals surface area (Å²) in [7, 11) is 0. The highest BCUT2D eigenvalue weighted by Gasteiger charge is 2.40. The fraction of sp³-hybridized carbons (Fsp3) is 0.643. The van der Waals surface area contributed by atoms with Crippen LogP contribution in [-0.2, 0) is 0 Å². The number of hydrogen-bond donors (Lipinski definition) is 1. The lowest BCUT2D eigenvalue weighted by Gasteiger charge is -2.33. The molecule has 0 aromatic carbocycles. The molecule has 3 rings (SSSR count). The largest absolute Gasteiger partial charge is 0.478 e. The van der Waals surface area contributed by atoms with Crippen molar-refractivity contribution in [3.05, 3.63) is 17.8 Å². The second-order valence-corrected chi connectivity index (χ2v) is 5.81. The van der Waals surface area contributed by atoms with Gasteiger partial charge in [0.15, 0.2) is 5.82 Å². The summed E-state index contributed by atoms with van der Waals surface area (Å²) in [6.45, 7) is 1.84. The van der Waals surface area contributed by atoms with E-state index in [-0.39, 0.29) is 5.56 Å². The van der Waals surface area contributed by atoms with Gasteiger partial charge in [-0.3, -0.25) is 0 Å². The number of carboxylic acids is 1. The van der Waals surface area contributed by atoms with E-state index in [1.807, 2.05) is 0 Å². The lowest BCUT2D eigenvalue weighted by atomic mass is 9.73. The molecule has 2 fully saturated rings. The van der Waals surface area contributed by atoms with Crippen LogP contribution in [0, 0.1) is 5.41 Å². The number of carbonyl (C=O) groups is 1. The van der Waals surface area contributed by atoms with E-state index in [2.05, 4.69) is 15.1 Å². The van der Waals surface area contributed by atoms with Gasteiger partial charge in [-0.05, 0) is 30.7 Å². The van der Waals surface area contributed by atoms with Crippen LogP contribution in [0.5, 0.6) is 0 Å². The van der Waals surface area contributed by atoms with E-state index in [1.54, 1.807) is 0 Å². The van der Waals surface area contributed by atoms with E-state index in [9.17, 15) is 9.90 Å². The Bertz CT molecular complexity index is 483. The molecule has 0 atom stereocenters. The predicted molar refractivity (Wildman–Crippen MR) is 71.3 cm³/mol. The molecule has 102 valence electrons. The van der Waals surface area contributed by atoms with Gasteiger partial charge in [0, 0.05) is 13.1 Å². The molecule has 1 aliphatic carbocycles. The van der Waals surface area contributed by atoms with Crippen LogP contribution in [0.1, 0.15) is 48.9 Å². The summed E-state index contributed by atoms with van der Waals surface area (Å²) in [6.07, 6.45) is 9.09. The highest BCUT2D eigenvalue weighted by molar-refractivity contribution is 5.93. The molecule has 1 spiro atoms. The standard InChI is InChI=1S/C14H19N3O2/c18-13(19)11-4-8-15-16-12(11)17-9-7-14(10-17)5-2-1-3-6-14/h4,8H,1-3,5-7,9-10H2,(H,18,19). The number of aromatic nitrogens is 2. The number of hydrogen-bond acceptors (Lipinski definition) is 4. The average Bonchev–Trinajstić information content (AvgIpc) is 2.83. The number of nitrogens with zero attached hydrogens (tertiary/aromatic N) is 3. The summed E-state index contributed by atoms with van der Waals surface area (Å²) in [5.41, 5.74) is 0.661. The van der Waals surface area contributed by atoms with Crippen molar-refractivity contribution >= 4 is 11.8 Å². The minimum absolute atomic E-state index is 0.267. The van der Waals surface area contributed by atoms with Crippen molar-refractivity contribution in [2.45, 2.75) is 38.5 Å². The van der Waals surface area contributed by atoms with Gasteiger partial charge in [-0.25, -0.2) is 4.79 Å².